The number of sulfonamides is 1. The lowest BCUT2D eigenvalue weighted by molar-refractivity contribution is -0.141. The Kier molecular flexibility index (Phi) is 6.27. The highest BCUT2D eigenvalue weighted by Gasteiger charge is 2.40. The minimum Gasteiger partial charge on any atom is -0.489 e. The van der Waals surface area contributed by atoms with Crippen molar-refractivity contribution in [2.24, 2.45) is 0 Å². The second kappa shape index (κ2) is 8.69. The molecule has 0 aliphatic carbocycles. The van der Waals surface area contributed by atoms with Gasteiger partial charge in [-0.15, -0.1) is 6.58 Å². The number of fused-ring (bicyclic) bond motifs is 1. The molecule has 7 heteroatoms. The maximum Gasteiger partial charge on any atom is 0.302 e. The SMILES string of the molecule is C=CC(c1ccc(C)cc1)S(=O)(=O)N1c2ccccc2OCC1CCOC(C)=O. The highest BCUT2D eigenvalue weighted by Crippen LogP contribution is 2.40. The Morgan fingerprint density at radius 3 is 2.62 bits per heavy atom. The van der Waals surface area contributed by atoms with Crippen LogP contribution >= 0.6 is 0 Å². The molecular formula is C22H25NO5S. The summed E-state index contributed by atoms with van der Waals surface area (Å²) in [4.78, 5) is 11.1. The number of ether oxygens (including phenoxy) is 2. The summed E-state index contributed by atoms with van der Waals surface area (Å²) in [6, 6.07) is 13.9. The quantitative estimate of drug-likeness (QED) is 0.508. The molecule has 0 saturated carbocycles. The molecule has 0 aromatic heterocycles. The maximum absolute atomic E-state index is 13.8. The highest BCUT2D eigenvalue weighted by molar-refractivity contribution is 7.93. The Morgan fingerprint density at radius 2 is 1.97 bits per heavy atom. The number of para-hydroxylation sites is 2. The molecule has 1 aliphatic rings. The first-order valence-electron chi connectivity index (χ1n) is 9.42. The smallest absolute Gasteiger partial charge is 0.302 e. The maximum atomic E-state index is 13.8. The average Bonchev–Trinajstić information content (AvgIpc) is 2.69. The van der Waals surface area contributed by atoms with E-state index in [1.807, 2.05) is 19.1 Å². The molecule has 1 aliphatic heterocycles. The lowest BCUT2D eigenvalue weighted by atomic mass is 10.1. The zero-order valence-electron chi connectivity index (χ0n) is 16.6. The zero-order chi connectivity index (χ0) is 21.0. The predicted molar refractivity (Wildman–Crippen MR) is 112 cm³/mol. The fourth-order valence-corrected chi connectivity index (χ4v) is 5.40. The van der Waals surface area contributed by atoms with E-state index in [-0.39, 0.29) is 13.2 Å². The van der Waals surface area contributed by atoms with E-state index in [1.165, 1.54) is 17.3 Å². The van der Waals surface area contributed by atoms with Crippen LogP contribution in [0.3, 0.4) is 0 Å². The number of carbonyl (C=O) groups is 1. The summed E-state index contributed by atoms with van der Waals surface area (Å²) in [5.74, 6) is 0.103. The molecular weight excluding hydrogens is 390 g/mol. The van der Waals surface area contributed by atoms with Crippen molar-refractivity contribution in [3.8, 4) is 5.75 Å². The van der Waals surface area contributed by atoms with Gasteiger partial charge in [0.05, 0.1) is 18.3 Å². The Morgan fingerprint density at radius 1 is 1.28 bits per heavy atom. The number of hydrogen-bond donors (Lipinski definition) is 0. The molecule has 0 N–H and O–H groups in total. The molecule has 0 radical (unpaired) electrons. The lowest BCUT2D eigenvalue weighted by Gasteiger charge is -2.39. The van der Waals surface area contributed by atoms with Crippen molar-refractivity contribution < 1.29 is 22.7 Å². The van der Waals surface area contributed by atoms with Gasteiger partial charge in [-0.1, -0.05) is 48.0 Å². The largest absolute Gasteiger partial charge is 0.489 e. The molecule has 29 heavy (non-hydrogen) atoms. The van der Waals surface area contributed by atoms with Crippen LogP contribution in [0.1, 0.15) is 29.7 Å². The number of benzene rings is 2. The van der Waals surface area contributed by atoms with E-state index in [0.29, 0.717) is 23.4 Å². The van der Waals surface area contributed by atoms with Crippen LogP contribution in [0, 0.1) is 6.92 Å². The fourth-order valence-electron chi connectivity index (χ4n) is 3.40. The van der Waals surface area contributed by atoms with Crippen molar-refractivity contribution in [2.75, 3.05) is 17.5 Å². The van der Waals surface area contributed by atoms with E-state index >= 15 is 0 Å². The highest BCUT2D eigenvalue weighted by atomic mass is 32.2. The standard InChI is InChI=1S/C22H25NO5S/c1-4-22(18-11-9-16(2)10-12-18)29(25,26)23-19(13-14-27-17(3)24)15-28-21-8-6-5-7-20(21)23/h4-12,19,22H,1,13-15H2,2-3H3. The topological polar surface area (TPSA) is 72.9 Å². The van der Waals surface area contributed by atoms with Crippen LogP contribution in [0.4, 0.5) is 5.69 Å². The van der Waals surface area contributed by atoms with Crippen molar-refractivity contribution >= 4 is 21.7 Å². The first-order chi connectivity index (χ1) is 13.8. The van der Waals surface area contributed by atoms with Gasteiger partial charge in [0.25, 0.3) is 0 Å². The molecule has 0 saturated heterocycles. The molecule has 2 aromatic carbocycles. The molecule has 1 heterocycles. The van der Waals surface area contributed by atoms with Crippen molar-refractivity contribution in [3.05, 3.63) is 72.3 Å². The third-order valence-corrected chi connectivity index (χ3v) is 6.99. The van der Waals surface area contributed by atoms with Gasteiger partial charge in [-0.2, -0.15) is 0 Å². The Balaban J connectivity index is 2.01. The normalized spacial score (nSPS) is 17.0. The molecule has 3 rings (SSSR count). The molecule has 6 nitrogen and oxygen atoms in total. The molecule has 0 bridgehead atoms. The number of anilines is 1. The molecule has 154 valence electrons. The molecule has 2 atom stereocenters. The van der Waals surface area contributed by atoms with Gasteiger partial charge in [-0.25, -0.2) is 8.42 Å². The monoisotopic (exact) mass is 415 g/mol. The van der Waals surface area contributed by atoms with Gasteiger partial charge < -0.3 is 9.47 Å². The first-order valence-corrected chi connectivity index (χ1v) is 10.9. The van der Waals surface area contributed by atoms with Gasteiger partial charge >= 0.3 is 5.97 Å². The minimum absolute atomic E-state index is 0.112. The molecule has 0 fully saturated rings. The van der Waals surface area contributed by atoms with Crippen LogP contribution < -0.4 is 9.04 Å². The Bertz CT molecular complexity index is 985. The third kappa shape index (κ3) is 4.45. The molecule has 2 aromatic rings. The summed E-state index contributed by atoms with van der Waals surface area (Å²) in [5.41, 5.74) is 2.17. The second-order valence-corrected chi connectivity index (χ2v) is 8.90. The van der Waals surface area contributed by atoms with Gasteiger partial charge in [0.1, 0.15) is 17.6 Å². The number of hydrogen-bond acceptors (Lipinski definition) is 5. The van der Waals surface area contributed by atoms with Crippen molar-refractivity contribution in [3.63, 3.8) is 0 Å². The van der Waals surface area contributed by atoms with Crippen LogP contribution in [-0.2, 0) is 19.6 Å². The summed E-state index contributed by atoms with van der Waals surface area (Å²) < 4.78 is 39.8. The number of nitrogens with zero attached hydrogens (tertiary/aromatic N) is 1. The van der Waals surface area contributed by atoms with E-state index in [4.69, 9.17) is 9.47 Å². The van der Waals surface area contributed by atoms with Gasteiger partial charge in [0.2, 0.25) is 10.0 Å². The van der Waals surface area contributed by atoms with Crippen molar-refractivity contribution in [1.82, 2.24) is 0 Å². The predicted octanol–water partition coefficient (Wildman–Crippen LogP) is 3.77. The molecule has 0 amide bonds. The number of esters is 1. The third-order valence-electron chi connectivity index (χ3n) is 4.84. The van der Waals surface area contributed by atoms with E-state index in [2.05, 4.69) is 6.58 Å². The minimum atomic E-state index is -3.86. The number of aryl methyl sites for hydroxylation is 1. The number of rotatable bonds is 7. The average molecular weight is 416 g/mol. The van der Waals surface area contributed by atoms with Gasteiger partial charge in [-0.3, -0.25) is 9.10 Å². The van der Waals surface area contributed by atoms with Gasteiger partial charge in [0.15, 0.2) is 0 Å². The van der Waals surface area contributed by atoms with Crippen LogP contribution in [0.5, 0.6) is 5.75 Å². The van der Waals surface area contributed by atoms with Crippen LogP contribution in [0.25, 0.3) is 0 Å². The second-order valence-electron chi connectivity index (χ2n) is 6.97. The van der Waals surface area contributed by atoms with E-state index in [9.17, 15) is 13.2 Å². The van der Waals surface area contributed by atoms with Crippen LogP contribution in [0.2, 0.25) is 0 Å². The zero-order valence-corrected chi connectivity index (χ0v) is 17.4. The summed E-state index contributed by atoms with van der Waals surface area (Å²) in [5, 5.41) is -0.912. The fraction of sp³-hybridized carbons (Fsp3) is 0.318. The van der Waals surface area contributed by atoms with E-state index < -0.39 is 27.3 Å². The lowest BCUT2D eigenvalue weighted by Crippen LogP contribution is -2.48. The molecule has 0 spiro atoms. The van der Waals surface area contributed by atoms with Gasteiger partial charge in [0, 0.05) is 13.3 Å². The Hall–Kier alpha value is -2.80. The van der Waals surface area contributed by atoms with E-state index in [0.717, 1.165) is 5.56 Å². The van der Waals surface area contributed by atoms with Crippen LogP contribution in [0.15, 0.2) is 61.2 Å². The van der Waals surface area contributed by atoms with Crippen LogP contribution in [-0.4, -0.2) is 33.6 Å². The first kappa shape index (κ1) is 20.9. The van der Waals surface area contributed by atoms with Crippen molar-refractivity contribution in [1.29, 1.82) is 0 Å². The summed E-state index contributed by atoms with van der Waals surface area (Å²) in [6.07, 6.45) is 1.77. The number of carbonyl (C=O) groups excluding carboxylic acids is 1. The summed E-state index contributed by atoms with van der Waals surface area (Å²) in [6.45, 7) is 7.34. The van der Waals surface area contributed by atoms with E-state index in [1.54, 1.807) is 36.4 Å². The summed E-state index contributed by atoms with van der Waals surface area (Å²) >= 11 is 0. The molecule has 2 unspecified atom stereocenters. The Labute approximate surface area is 171 Å². The van der Waals surface area contributed by atoms with Crippen molar-refractivity contribution in [2.45, 2.75) is 31.6 Å². The summed E-state index contributed by atoms with van der Waals surface area (Å²) in [7, 11) is -3.86. The van der Waals surface area contributed by atoms with Gasteiger partial charge in [-0.05, 0) is 24.6 Å².